The van der Waals surface area contributed by atoms with Gasteiger partial charge in [-0.3, -0.25) is 25.4 Å². The average Bonchev–Trinajstić information content (AvgIpc) is 2.65. The Labute approximate surface area is 142 Å². The second-order valence-corrected chi connectivity index (χ2v) is 5.92. The molecule has 1 aromatic carbocycles. The fraction of sp³-hybridized carbons (Fsp3) is 0.188. The zero-order valence-corrected chi connectivity index (χ0v) is 13.4. The van der Waals surface area contributed by atoms with E-state index in [1.165, 1.54) is 11.8 Å². The molecular weight excluding hydrogens is 330 g/mol. The summed E-state index contributed by atoms with van der Waals surface area (Å²) in [4.78, 5) is 28.6. The van der Waals surface area contributed by atoms with E-state index in [9.17, 15) is 9.59 Å². The molecule has 2 N–H and O–H groups in total. The Morgan fingerprint density at radius 2 is 1.88 bits per heavy atom. The largest absolute Gasteiger partial charge is 0.485 e. The summed E-state index contributed by atoms with van der Waals surface area (Å²) in [5.41, 5.74) is 4.71. The maximum Gasteiger partial charge on any atom is 0.283 e. The Balaban J connectivity index is 1.43. The van der Waals surface area contributed by atoms with Crippen LogP contribution in [0.2, 0.25) is 0 Å². The number of nitrogens with zero attached hydrogens (tertiary/aromatic N) is 1. The molecule has 1 aliphatic heterocycles. The van der Waals surface area contributed by atoms with Gasteiger partial charge in [-0.15, -0.1) is 11.8 Å². The van der Waals surface area contributed by atoms with E-state index in [-0.39, 0.29) is 18.3 Å². The van der Waals surface area contributed by atoms with Crippen molar-refractivity contribution in [3.63, 3.8) is 0 Å². The number of hydrogen-bond donors (Lipinski definition) is 2. The predicted octanol–water partition coefficient (Wildman–Crippen LogP) is 1.16. The number of hydrogen-bond acceptors (Lipinski definition) is 6. The number of carbonyl (C=O) groups is 2. The smallest absolute Gasteiger partial charge is 0.283 e. The molecule has 2 heterocycles. The van der Waals surface area contributed by atoms with Crippen LogP contribution in [0, 0.1) is 0 Å². The number of nitrogens with one attached hydrogen (secondary N) is 2. The zero-order valence-electron chi connectivity index (χ0n) is 12.6. The second kappa shape index (κ2) is 7.69. The number of thioether (sulfide) groups is 1. The van der Waals surface area contributed by atoms with Crippen molar-refractivity contribution in [1.29, 1.82) is 0 Å². The third kappa shape index (κ3) is 4.17. The summed E-state index contributed by atoms with van der Waals surface area (Å²) in [5.74, 6) is 0.492. The molecule has 0 fully saturated rings. The summed E-state index contributed by atoms with van der Waals surface area (Å²) in [6.45, 7) is 0.0878. The lowest BCUT2D eigenvalue weighted by atomic mass is 10.2. The summed E-state index contributed by atoms with van der Waals surface area (Å²) in [6.07, 6.45) is 2.49. The minimum absolute atomic E-state index is 0.0878. The van der Waals surface area contributed by atoms with Crippen LogP contribution in [0.5, 0.6) is 11.5 Å². The van der Waals surface area contributed by atoms with E-state index in [0.29, 0.717) is 11.5 Å². The molecule has 7 nitrogen and oxygen atoms in total. The molecule has 0 saturated heterocycles. The van der Waals surface area contributed by atoms with Crippen LogP contribution < -0.4 is 20.3 Å². The summed E-state index contributed by atoms with van der Waals surface area (Å²) in [5, 5.41) is 0. The molecule has 1 aromatic heterocycles. The molecule has 1 atom stereocenters. The van der Waals surface area contributed by atoms with E-state index in [4.69, 9.17) is 9.47 Å². The molecular formula is C16H15N3O4S. The Hall–Kier alpha value is -2.74. The van der Waals surface area contributed by atoms with Gasteiger partial charge in [-0.25, -0.2) is 0 Å². The Morgan fingerprint density at radius 3 is 2.67 bits per heavy atom. The van der Waals surface area contributed by atoms with Gasteiger partial charge >= 0.3 is 0 Å². The van der Waals surface area contributed by atoms with Crippen molar-refractivity contribution in [2.45, 2.75) is 11.0 Å². The summed E-state index contributed by atoms with van der Waals surface area (Å²) in [7, 11) is 0. The van der Waals surface area contributed by atoms with Crippen molar-refractivity contribution in [3.8, 4) is 11.5 Å². The minimum Gasteiger partial charge on any atom is -0.485 e. The highest BCUT2D eigenvalue weighted by Crippen LogP contribution is 2.30. The van der Waals surface area contributed by atoms with Crippen molar-refractivity contribution in [1.82, 2.24) is 15.8 Å². The van der Waals surface area contributed by atoms with Gasteiger partial charge in [0.15, 0.2) is 11.5 Å². The van der Waals surface area contributed by atoms with Gasteiger partial charge in [0, 0.05) is 17.3 Å². The monoisotopic (exact) mass is 345 g/mol. The van der Waals surface area contributed by atoms with Crippen molar-refractivity contribution in [2.24, 2.45) is 0 Å². The summed E-state index contributed by atoms with van der Waals surface area (Å²) >= 11 is 1.35. The summed E-state index contributed by atoms with van der Waals surface area (Å²) < 4.78 is 11.0. The van der Waals surface area contributed by atoms with Crippen molar-refractivity contribution < 1.29 is 19.1 Å². The highest BCUT2D eigenvalue weighted by molar-refractivity contribution is 8.00. The number of amides is 2. The van der Waals surface area contributed by atoms with Crippen LogP contribution in [0.1, 0.15) is 0 Å². The van der Waals surface area contributed by atoms with Crippen LogP contribution in [-0.4, -0.2) is 35.3 Å². The Bertz CT molecular complexity index is 726. The van der Waals surface area contributed by atoms with Crippen molar-refractivity contribution in [3.05, 3.63) is 48.8 Å². The topological polar surface area (TPSA) is 89.6 Å². The molecule has 2 aromatic rings. The molecule has 0 radical (unpaired) electrons. The van der Waals surface area contributed by atoms with Crippen LogP contribution in [0.15, 0.2) is 53.7 Å². The van der Waals surface area contributed by atoms with Gasteiger partial charge in [-0.1, -0.05) is 12.1 Å². The van der Waals surface area contributed by atoms with E-state index in [2.05, 4.69) is 15.8 Å². The number of hydrazine groups is 1. The van der Waals surface area contributed by atoms with E-state index in [1.807, 2.05) is 6.07 Å². The van der Waals surface area contributed by atoms with Crippen LogP contribution in [0.25, 0.3) is 0 Å². The van der Waals surface area contributed by atoms with Crippen LogP contribution in [0.3, 0.4) is 0 Å². The first kappa shape index (κ1) is 16.1. The number of rotatable bonds is 4. The highest BCUT2D eigenvalue weighted by Gasteiger charge is 2.27. The highest BCUT2D eigenvalue weighted by atomic mass is 32.2. The Morgan fingerprint density at radius 1 is 1.12 bits per heavy atom. The maximum absolute atomic E-state index is 12.0. The number of benzene rings is 1. The Kier molecular flexibility index (Phi) is 5.17. The first-order valence-electron chi connectivity index (χ1n) is 7.22. The number of carbonyl (C=O) groups excluding carboxylic acids is 2. The molecule has 3 rings (SSSR count). The van der Waals surface area contributed by atoms with Gasteiger partial charge in [0.25, 0.3) is 5.91 Å². The van der Waals surface area contributed by atoms with E-state index < -0.39 is 12.0 Å². The van der Waals surface area contributed by atoms with Gasteiger partial charge in [-0.05, 0) is 24.3 Å². The lowest BCUT2D eigenvalue weighted by molar-refractivity contribution is -0.134. The lowest BCUT2D eigenvalue weighted by Gasteiger charge is -2.25. The number of aromatic nitrogens is 1. The maximum atomic E-state index is 12.0. The molecule has 8 heteroatoms. The molecule has 0 saturated carbocycles. The molecule has 24 heavy (non-hydrogen) atoms. The van der Waals surface area contributed by atoms with Gasteiger partial charge < -0.3 is 9.47 Å². The predicted molar refractivity (Wildman–Crippen MR) is 87.6 cm³/mol. The quantitative estimate of drug-likeness (QED) is 0.638. The van der Waals surface area contributed by atoms with Crippen LogP contribution in [0.4, 0.5) is 0 Å². The van der Waals surface area contributed by atoms with Crippen LogP contribution in [-0.2, 0) is 9.59 Å². The molecule has 2 amide bonds. The summed E-state index contributed by atoms with van der Waals surface area (Å²) in [6, 6.07) is 10.7. The van der Waals surface area contributed by atoms with Gasteiger partial charge in [-0.2, -0.15) is 0 Å². The number of fused-ring (bicyclic) bond motifs is 1. The SMILES string of the molecule is O=C(CSc1ccncc1)NNC(=O)[C@H]1COc2ccccc2O1. The molecule has 0 bridgehead atoms. The van der Waals surface area contributed by atoms with Gasteiger partial charge in [0.05, 0.1) is 5.75 Å². The standard InChI is InChI=1S/C16H15N3O4S/c20-15(10-24-11-5-7-17-8-6-11)18-19-16(21)14-9-22-12-3-1-2-4-13(12)23-14/h1-8,14H,9-10H2,(H,18,20)(H,19,21)/t14-/m1/s1. The van der Waals surface area contributed by atoms with Gasteiger partial charge in [0.2, 0.25) is 12.0 Å². The molecule has 0 aliphatic carbocycles. The number of pyridine rings is 1. The third-order valence-electron chi connectivity index (χ3n) is 3.15. The van der Waals surface area contributed by atoms with Crippen molar-refractivity contribution in [2.75, 3.05) is 12.4 Å². The average molecular weight is 345 g/mol. The van der Waals surface area contributed by atoms with Crippen molar-refractivity contribution >= 4 is 23.6 Å². The molecule has 0 spiro atoms. The normalized spacial score (nSPS) is 15.4. The number of para-hydroxylation sites is 2. The van der Waals surface area contributed by atoms with Crippen LogP contribution >= 0.6 is 11.8 Å². The fourth-order valence-electron chi connectivity index (χ4n) is 1.98. The van der Waals surface area contributed by atoms with E-state index >= 15 is 0 Å². The first-order valence-corrected chi connectivity index (χ1v) is 8.21. The molecule has 0 unspecified atom stereocenters. The zero-order chi connectivity index (χ0) is 16.8. The minimum atomic E-state index is -0.812. The van der Waals surface area contributed by atoms with E-state index in [1.54, 1.807) is 42.7 Å². The lowest BCUT2D eigenvalue weighted by Crippen LogP contribution is -2.51. The second-order valence-electron chi connectivity index (χ2n) is 4.87. The van der Waals surface area contributed by atoms with Gasteiger partial charge in [0.1, 0.15) is 6.61 Å². The van der Waals surface area contributed by atoms with E-state index in [0.717, 1.165) is 4.90 Å². The molecule has 1 aliphatic rings. The molecule has 124 valence electrons. The number of ether oxygens (including phenoxy) is 2. The fourth-order valence-corrected chi connectivity index (χ4v) is 2.66. The third-order valence-corrected chi connectivity index (χ3v) is 4.16. The first-order chi connectivity index (χ1) is 11.7.